The normalized spacial score (nSPS) is 14.9. The lowest BCUT2D eigenvalue weighted by Gasteiger charge is -2.18. The molecular formula is C18H22N6O. The van der Waals surface area contributed by atoms with Crippen LogP contribution in [-0.2, 0) is 26.1 Å². The van der Waals surface area contributed by atoms with Crippen molar-refractivity contribution >= 4 is 5.82 Å². The van der Waals surface area contributed by atoms with E-state index in [2.05, 4.69) is 30.0 Å². The lowest BCUT2D eigenvalue weighted by Crippen LogP contribution is -2.26. The van der Waals surface area contributed by atoms with E-state index in [1.165, 1.54) is 5.69 Å². The summed E-state index contributed by atoms with van der Waals surface area (Å²) in [5.41, 5.74) is 2.10. The summed E-state index contributed by atoms with van der Waals surface area (Å²) in [4.78, 5) is 7.02. The number of fused-ring (bicyclic) bond motifs is 1. The van der Waals surface area contributed by atoms with Gasteiger partial charge in [-0.25, -0.2) is 4.98 Å². The molecule has 0 amide bonds. The molecule has 0 fully saturated rings. The molecule has 0 aromatic carbocycles. The number of aryl methyl sites for hydroxylation is 1. The summed E-state index contributed by atoms with van der Waals surface area (Å²) in [7, 11) is 0. The first kappa shape index (κ1) is 15.8. The van der Waals surface area contributed by atoms with Gasteiger partial charge in [0.15, 0.2) is 0 Å². The molecule has 1 aliphatic rings. The van der Waals surface area contributed by atoms with E-state index in [4.69, 9.17) is 4.42 Å². The van der Waals surface area contributed by atoms with E-state index in [-0.39, 0.29) is 0 Å². The monoisotopic (exact) mass is 338 g/mol. The molecule has 0 bridgehead atoms. The van der Waals surface area contributed by atoms with Gasteiger partial charge < -0.3 is 14.3 Å². The number of nitrogens with one attached hydrogen (secondary N) is 1. The van der Waals surface area contributed by atoms with Crippen LogP contribution in [0.1, 0.15) is 23.0 Å². The molecule has 4 rings (SSSR count). The molecule has 3 aromatic heterocycles. The predicted octanol–water partition coefficient (Wildman–Crippen LogP) is 2.24. The SMILES string of the molecule is Cc1ccc(NCc2cnc3n2CCN(Cc2ccco2)CC3)nn1. The highest BCUT2D eigenvalue weighted by atomic mass is 16.3. The Balaban J connectivity index is 1.39. The van der Waals surface area contributed by atoms with Crippen LogP contribution < -0.4 is 5.32 Å². The molecule has 0 spiro atoms. The van der Waals surface area contributed by atoms with Crippen molar-refractivity contribution in [2.75, 3.05) is 18.4 Å². The van der Waals surface area contributed by atoms with Gasteiger partial charge in [0.05, 0.1) is 36.9 Å². The molecule has 0 saturated carbocycles. The summed E-state index contributed by atoms with van der Waals surface area (Å²) in [5.74, 6) is 2.95. The highest BCUT2D eigenvalue weighted by Gasteiger charge is 2.18. The molecule has 0 atom stereocenters. The maximum Gasteiger partial charge on any atom is 0.148 e. The minimum absolute atomic E-state index is 0.697. The Kier molecular flexibility index (Phi) is 4.47. The van der Waals surface area contributed by atoms with Gasteiger partial charge in [0.1, 0.15) is 17.4 Å². The molecule has 1 N–H and O–H groups in total. The van der Waals surface area contributed by atoms with Gasteiger partial charge in [0.25, 0.3) is 0 Å². The second kappa shape index (κ2) is 7.06. The highest BCUT2D eigenvalue weighted by molar-refractivity contribution is 5.33. The Morgan fingerprint density at radius 3 is 2.92 bits per heavy atom. The number of hydrogen-bond acceptors (Lipinski definition) is 6. The van der Waals surface area contributed by atoms with E-state index in [1.54, 1.807) is 6.26 Å². The van der Waals surface area contributed by atoms with Crippen molar-refractivity contribution in [1.29, 1.82) is 0 Å². The van der Waals surface area contributed by atoms with Crippen LogP contribution in [0.4, 0.5) is 5.82 Å². The molecular weight excluding hydrogens is 316 g/mol. The van der Waals surface area contributed by atoms with Crippen molar-refractivity contribution in [3.8, 4) is 0 Å². The summed E-state index contributed by atoms with van der Waals surface area (Å²) in [5, 5.41) is 11.6. The summed E-state index contributed by atoms with van der Waals surface area (Å²) in [6, 6.07) is 7.88. The number of imidazole rings is 1. The zero-order valence-corrected chi connectivity index (χ0v) is 14.4. The molecule has 3 aromatic rings. The van der Waals surface area contributed by atoms with Gasteiger partial charge in [0, 0.05) is 26.1 Å². The molecule has 0 saturated heterocycles. The predicted molar refractivity (Wildman–Crippen MR) is 94.0 cm³/mol. The van der Waals surface area contributed by atoms with Gasteiger partial charge in [-0.1, -0.05) is 0 Å². The summed E-state index contributed by atoms with van der Waals surface area (Å²) < 4.78 is 7.78. The van der Waals surface area contributed by atoms with E-state index in [9.17, 15) is 0 Å². The first-order chi connectivity index (χ1) is 12.3. The molecule has 0 radical (unpaired) electrons. The Morgan fingerprint density at radius 2 is 2.12 bits per heavy atom. The Hall–Kier alpha value is -2.67. The van der Waals surface area contributed by atoms with Gasteiger partial charge in [-0.05, 0) is 31.2 Å². The molecule has 7 heteroatoms. The number of nitrogens with zero attached hydrogens (tertiary/aromatic N) is 5. The first-order valence-electron chi connectivity index (χ1n) is 8.60. The fourth-order valence-corrected chi connectivity index (χ4v) is 3.13. The van der Waals surface area contributed by atoms with E-state index in [1.807, 2.05) is 37.4 Å². The molecule has 0 unspecified atom stereocenters. The van der Waals surface area contributed by atoms with Crippen LogP contribution in [0, 0.1) is 6.92 Å². The van der Waals surface area contributed by atoms with Crippen molar-refractivity contribution in [3.05, 3.63) is 59.7 Å². The molecule has 4 heterocycles. The number of aromatic nitrogens is 4. The van der Waals surface area contributed by atoms with Crippen LogP contribution in [0.5, 0.6) is 0 Å². The maximum atomic E-state index is 5.47. The molecule has 1 aliphatic heterocycles. The summed E-state index contributed by atoms with van der Waals surface area (Å²) in [6.45, 7) is 6.40. The molecule has 0 aliphatic carbocycles. The van der Waals surface area contributed by atoms with Gasteiger partial charge >= 0.3 is 0 Å². The quantitative estimate of drug-likeness (QED) is 0.769. The second-order valence-corrected chi connectivity index (χ2v) is 6.34. The molecule has 130 valence electrons. The average molecular weight is 338 g/mol. The number of anilines is 1. The Labute approximate surface area is 146 Å². The van der Waals surface area contributed by atoms with Gasteiger partial charge in [-0.15, -0.1) is 5.10 Å². The zero-order chi connectivity index (χ0) is 17.1. The smallest absolute Gasteiger partial charge is 0.148 e. The molecule has 7 nitrogen and oxygen atoms in total. The summed E-state index contributed by atoms with van der Waals surface area (Å²) in [6.07, 6.45) is 4.65. The maximum absolute atomic E-state index is 5.47. The fourth-order valence-electron chi connectivity index (χ4n) is 3.13. The number of rotatable bonds is 5. The van der Waals surface area contributed by atoms with Crippen molar-refractivity contribution in [2.24, 2.45) is 0 Å². The third kappa shape index (κ3) is 3.71. The zero-order valence-electron chi connectivity index (χ0n) is 14.4. The number of hydrogen-bond donors (Lipinski definition) is 1. The van der Waals surface area contributed by atoms with Crippen LogP contribution in [0.15, 0.2) is 41.1 Å². The van der Waals surface area contributed by atoms with Crippen LogP contribution in [0.25, 0.3) is 0 Å². The van der Waals surface area contributed by atoms with Gasteiger partial charge in [-0.2, -0.15) is 5.10 Å². The highest BCUT2D eigenvalue weighted by Crippen LogP contribution is 2.15. The van der Waals surface area contributed by atoms with E-state index in [0.717, 1.165) is 55.7 Å². The summed E-state index contributed by atoms with van der Waals surface area (Å²) >= 11 is 0. The Morgan fingerprint density at radius 1 is 1.16 bits per heavy atom. The topological polar surface area (TPSA) is 72.0 Å². The van der Waals surface area contributed by atoms with Crippen molar-refractivity contribution in [3.63, 3.8) is 0 Å². The molecule has 25 heavy (non-hydrogen) atoms. The average Bonchev–Trinajstić information content (AvgIpc) is 3.22. The Bertz CT molecular complexity index is 809. The third-order valence-electron chi connectivity index (χ3n) is 4.52. The fraction of sp³-hybridized carbons (Fsp3) is 0.389. The minimum atomic E-state index is 0.697. The first-order valence-corrected chi connectivity index (χ1v) is 8.60. The van der Waals surface area contributed by atoms with Gasteiger partial charge in [-0.3, -0.25) is 4.90 Å². The van der Waals surface area contributed by atoms with E-state index >= 15 is 0 Å². The van der Waals surface area contributed by atoms with Crippen molar-refractivity contribution in [1.82, 2.24) is 24.6 Å². The minimum Gasteiger partial charge on any atom is -0.468 e. The van der Waals surface area contributed by atoms with Crippen molar-refractivity contribution < 1.29 is 4.42 Å². The third-order valence-corrected chi connectivity index (χ3v) is 4.52. The van der Waals surface area contributed by atoms with Crippen LogP contribution in [-0.4, -0.2) is 37.7 Å². The lowest BCUT2D eigenvalue weighted by atomic mass is 10.3. The van der Waals surface area contributed by atoms with Crippen LogP contribution in [0.3, 0.4) is 0 Å². The van der Waals surface area contributed by atoms with Crippen molar-refractivity contribution in [2.45, 2.75) is 33.0 Å². The standard InChI is InChI=1S/C18H22N6O/c1-14-4-5-17(22-21-14)19-11-15-12-20-18-6-7-23(8-9-24(15)18)13-16-3-2-10-25-16/h2-5,10,12H,6-9,11,13H2,1H3,(H,19,22). The van der Waals surface area contributed by atoms with Crippen LogP contribution >= 0.6 is 0 Å². The van der Waals surface area contributed by atoms with E-state index in [0.29, 0.717) is 6.54 Å². The van der Waals surface area contributed by atoms with Gasteiger partial charge in [0.2, 0.25) is 0 Å². The lowest BCUT2D eigenvalue weighted by molar-refractivity contribution is 0.248. The van der Waals surface area contributed by atoms with E-state index < -0.39 is 0 Å². The largest absolute Gasteiger partial charge is 0.468 e. The number of furan rings is 1. The second-order valence-electron chi connectivity index (χ2n) is 6.34. The van der Waals surface area contributed by atoms with Crippen LogP contribution in [0.2, 0.25) is 0 Å².